The van der Waals surface area contributed by atoms with Crippen LogP contribution in [0.1, 0.15) is 16.7 Å². The number of alkyl halides is 3. The van der Waals surface area contributed by atoms with E-state index in [9.17, 15) is 27.6 Å². The average molecular weight is 426 g/mol. The summed E-state index contributed by atoms with van der Waals surface area (Å²) < 4.78 is 55.7. The minimum absolute atomic E-state index is 0.261. The van der Waals surface area contributed by atoms with Crippen LogP contribution in [0.2, 0.25) is 0 Å². The van der Waals surface area contributed by atoms with Crippen molar-refractivity contribution in [3.63, 3.8) is 0 Å². The SMILES string of the molecule is Cn1c(=O)n(Cc2cc(C(F)(F)F)ccc2F)c2ccc(-c3ccccc3C#N)nc21. The summed E-state index contributed by atoms with van der Waals surface area (Å²) >= 11 is 0. The smallest absolute Gasteiger partial charge is 0.286 e. The van der Waals surface area contributed by atoms with Gasteiger partial charge in [0, 0.05) is 18.2 Å². The number of aromatic nitrogens is 3. The molecule has 4 aromatic rings. The van der Waals surface area contributed by atoms with Crippen LogP contribution in [0.25, 0.3) is 22.4 Å². The van der Waals surface area contributed by atoms with Gasteiger partial charge in [-0.05, 0) is 36.4 Å². The van der Waals surface area contributed by atoms with Crippen molar-refractivity contribution in [2.24, 2.45) is 7.05 Å². The maximum absolute atomic E-state index is 14.2. The second-order valence-corrected chi connectivity index (χ2v) is 6.93. The molecule has 0 N–H and O–H groups in total. The van der Waals surface area contributed by atoms with Gasteiger partial charge in [0.1, 0.15) is 5.82 Å². The minimum atomic E-state index is -4.63. The first-order chi connectivity index (χ1) is 14.7. The highest BCUT2D eigenvalue weighted by atomic mass is 19.4. The Morgan fingerprint density at radius 3 is 2.55 bits per heavy atom. The molecule has 31 heavy (non-hydrogen) atoms. The highest BCUT2D eigenvalue weighted by Gasteiger charge is 2.31. The summed E-state index contributed by atoms with van der Waals surface area (Å²) in [5, 5.41) is 9.31. The Morgan fingerprint density at radius 1 is 1.10 bits per heavy atom. The molecule has 0 aliphatic rings. The fourth-order valence-electron chi connectivity index (χ4n) is 3.42. The first-order valence-electron chi connectivity index (χ1n) is 9.12. The summed E-state index contributed by atoms with van der Waals surface area (Å²) in [4.78, 5) is 17.2. The predicted octanol–water partition coefficient (Wildman–Crippen LogP) is 4.48. The van der Waals surface area contributed by atoms with Crippen LogP contribution in [0, 0.1) is 17.1 Å². The zero-order valence-corrected chi connectivity index (χ0v) is 16.1. The number of nitrogens with zero attached hydrogens (tertiary/aromatic N) is 4. The Labute approximate surface area is 173 Å². The molecule has 0 aliphatic heterocycles. The Balaban J connectivity index is 1.84. The van der Waals surface area contributed by atoms with Crippen LogP contribution in [0.4, 0.5) is 17.6 Å². The largest absolute Gasteiger partial charge is 0.416 e. The quantitative estimate of drug-likeness (QED) is 0.454. The number of rotatable bonds is 3. The van der Waals surface area contributed by atoms with Gasteiger partial charge < -0.3 is 0 Å². The lowest BCUT2D eigenvalue weighted by Gasteiger charge is -2.10. The average Bonchev–Trinajstić information content (AvgIpc) is 2.98. The van der Waals surface area contributed by atoms with Crippen molar-refractivity contribution in [2.75, 3.05) is 0 Å². The van der Waals surface area contributed by atoms with Gasteiger partial charge in [-0.15, -0.1) is 0 Å². The number of hydrogen-bond acceptors (Lipinski definition) is 3. The second-order valence-electron chi connectivity index (χ2n) is 6.93. The lowest BCUT2D eigenvalue weighted by atomic mass is 10.1. The van der Waals surface area contributed by atoms with E-state index in [-0.39, 0.29) is 17.8 Å². The van der Waals surface area contributed by atoms with Crippen molar-refractivity contribution in [1.29, 1.82) is 5.26 Å². The summed E-state index contributed by atoms with van der Waals surface area (Å²) in [5.74, 6) is -0.843. The molecule has 0 aliphatic carbocycles. The number of benzene rings is 2. The molecular formula is C22H14F4N4O. The van der Waals surface area contributed by atoms with Gasteiger partial charge >= 0.3 is 11.9 Å². The summed E-state index contributed by atoms with van der Waals surface area (Å²) in [5.41, 5.74) is 0.243. The molecule has 0 amide bonds. The maximum atomic E-state index is 14.2. The number of nitriles is 1. The molecule has 0 bridgehead atoms. The molecule has 0 saturated carbocycles. The maximum Gasteiger partial charge on any atom is 0.416 e. The van der Waals surface area contributed by atoms with Crippen LogP contribution in [0.5, 0.6) is 0 Å². The van der Waals surface area contributed by atoms with Gasteiger partial charge in [0.05, 0.1) is 35.0 Å². The van der Waals surface area contributed by atoms with Gasteiger partial charge in [0.25, 0.3) is 0 Å². The van der Waals surface area contributed by atoms with Gasteiger partial charge in [-0.2, -0.15) is 18.4 Å². The highest BCUT2D eigenvalue weighted by molar-refractivity contribution is 5.78. The third-order valence-electron chi connectivity index (χ3n) is 5.01. The fraction of sp³-hybridized carbons (Fsp3) is 0.136. The Bertz CT molecular complexity index is 1410. The van der Waals surface area contributed by atoms with E-state index in [0.717, 1.165) is 6.07 Å². The van der Waals surface area contributed by atoms with Crippen molar-refractivity contribution in [1.82, 2.24) is 14.1 Å². The normalized spacial score (nSPS) is 11.6. The lowest BCUT2D eigenvalue weighted by molar-refractivity contribution is -0.137. The molecule has 2 aromatic heterocycles. The molecule has 5 nitrogen and oxygen atoms in total. The van der Waals surface area contributed by atoms with Crippen LogP contribution < -0.4 is 5.69 Å². The van der Waals surface area contributed by atoms with Crippen molar-refractivity contribution in [3.8, 4) is 17.3 Å². The second kappa shape index (κ2) is 7.40. The summed E-state index contributed by atoms with van der Waals surface area (Å²) in [6, 6.07) is 14.2. The minimum Gasteiger partial charge on any atom is -0.286 e. The van der Waals surface area contributed by atoms with Crippen LogP contribution in [0.3, 0.4) is 0 Å². The van der Waals surface area contributed by atoms with Crippen LogP contribution in [-0.4, -0.2) is 14.1 Å². The molecule has 0 fully saturated rings. The van der Waals surface area contributed by atoms with Crippen molar-refractivity contribution >= 4 is 11.2 Å². The number of aryl methyl sites for hydroxylation is 1. The number of pyridine rings is 1. The van der Waals surface area contributed by atoms with E-state index in [1.54, 1.807) is 36.4 Å². The number of imidazole rings is 1. The predicted molar refractivity (Wildman–Crippen MR) is 106 cm³/mol. The molecule has 156 valence electrons. The topological polar surface area (TPSA) is 63.6 Å². The number of hydrogen-bond donors (Lipinski definition) is 0. The van der Waals surface area contributed by atoms with Gasteiger partial charge in [-0.25, -0.2) is 14.2 Å². The molecule has 4 rings (SSSR count). The number of fused-ring (bicyclic) bond motifs is 1. The third kappa shape index (κ3) is 3.57. The Morgan fingerprint density at radius 2 is 1.84 bits per heavy atom. The first kappa shape index (κ1) is 20.3. The third-order valence-corrected chi connectivity index (χ3v) is 5.01. The van der Waals surface area contributed by atoms with Crippen LogP contribution >= 0.6 is 0 Å². The molecule has 2 aromatic carbocycles. The fourth-order valence-corrected chi connectivity index (χ4v) is 3.42. The van der Waals surface area contributed by atoms with E-state index in [0.29, 0.717) is 34.5 Å². The monoisotopic (exact) mass is 426 g/mol. The Hall–Kier alpha value is -3.93. The molecular weight excluding hydrogens is 412 g/mol. The Kier molecular flexibility index (Phi) is 4.85. The summed E-state index contributed by atoms with van der Waals surface area (Å²) in [7, 11) is 1.47. The molecule has 0 spiro atoms. The van der Waals surface area contributed by atoms with E-state index in [1.165, 1.54) is 16.2 Å². The van der Waals surface area contributed by atoms with E-state index in [2.05, 4.69) is 11.1 Å². The zero-order chi connectivity index (χ0) is 22.3. The number of halogens is 4. The highest BCUT2D eigenvalue weighted by Crippen LogP contribution is 2.31. The van der Waals surface area contributed by atoms with E-state index in [1.807, 2.05) is 0 Å². The molecule has 0 radical (unpaired) electrons. The first-order valence-corrected chi connectivity index (χ1v) is 9.12. The van der Waals surface area contributed by atoms with E-state index >= 15 is 0 Å². The standard InChI is InChI=1S/C22H14F4N4O/c1-29-20-19(9-8-18(28-20)16-5-3-2-4-13(16)11-27)30(21(29)31)12-14-10-15(22(24,25)26)6-7-17(14)23/h2-10H,12H2,1H3. The zero-order valence-electron chi connectivity index (χ0n) is 16.1. The van der Waals surface area contributed by atoms with E-state index in [4.69, 9.17) is 0 Å². The van der Waals surface area contributed by atoms with Crippen molar-refractivity contribution in [2.45, 2.75) is 12.7 Å². The molecule has 9 heteroatoms. The van der Waals surface area contributed by atoms with Gasteiger partial charge in [-0.3, -0.25) is 9.13 Å². The van der Waals surface area contributed by atoms with Crippen LogP contribution in [0.15, 0.2) is 59.4 Å². The molecule has 0 unspecified atom stereocenters. The van der Waals surface area contributed by atoms with Gasteiger partial charge in [0.15, 0.2) is 5.65 Å². The molecule has 0 atom stereocenters. The van der Waals surface area contributed by atoms with Gasteiger partial charge in [0.2, 0.25) is 0 Å². The van der Waals surface area contributed by atoms with E-state index < -0.39 is 23.2 Å². The summed E-state index contributed by atoms with van der Waals surface area (Å²) in [6.45, 7) is -0.387. The molecule has 2 heterocycles. The lowest BCUT2D eigenvalue weighted by Crippen LogP contribution is -2.23. The van der Waals surface area contributed by atoms with Crippen molar-refractivity contribution < 1.29 is 17.6 Å². The van der Waals surface area contributed by atoms with Crippen molar-refractivity contribution in [3.05, 3.63) is 87.6 Å². The summed E-state index contributed by atoms with van der Waals surface area (Å²) in [6.07, 6.45) is -4.63. The van der Waals surface area contributed by atoms with Crippen LogP contribution in [-0.2, 0) is 19.8 Å². The van der Waals surface area contributed by atoms with Gasteiger partial charge in [-0.1, -0.05) is 18.2 Å². The molecule has 0 saturated heterocycles.